The van der Waals surface area contributed by atoms with Gasteiger partial charge in [0.25, 0.3) is 10.1 Å². The van der Waals surface area contributed by atoms with Gasteiger partial charge in [-0.15, -0.1) is 0 Å². The Bertz CT molecular complexity index is 193. The first-order chi connectivity index (χ1) is 4.93. The monoisotopic (exact) mass is 184 g/mol. The number of aliphatic hydroxyl groups is 2. The summed E-state index contributed by atoms with van der Waals surface area (Å²) in [5.74, 6) is -0.815. The van der Waals surface area contributed by atoms with Gasteiger partial charge in [0.15, 0.2) is 0 Å². The fourth-order valence-electron chi connectivity index (χ4n) is 0.598. The molecule has 11 heavy (non-hydrogen) atoms. The third-order valence-electron chi connectivity index (χ3n) is 1.60. The summed E-state index contributed by atoms with van der Waals surface area (Å²) in [7, 11) is -4.15. The van der Waals surface area contributed by atoms with Crippen LogP contribution in [-0.4, -0.2) is 41.6 Å². The van der Waals surface area contributed by atoms with Gasteiger partial charge in [-0.05, 0) is 6.92 Å². The molecular formula is C5H12O5S. The lowest BCUT2D eigenvalue weighted by Gasteiger charge is -2.15. The molecule has 1 atom stereocenters. The number of rotatable bonds is 4. The SMILES string of the molecule is CC(C(CO)CO)S(=O)(=O)O. The molecule has 0 fully saturated rings. The van der Waals surface area contributed by atoms with Gasteiger partial charge in [0.2, 0.25) is 0 Å². The van der Waals surface area contributed by atoms with E-state index in [1.165, 1.54) is 6.92 Å². The van der Waals surface area contributed by atoms with Crippen LogP contribution in [0.1, 0.15) is 6.92 Å². The van der Waals surface area contributed by atoms with Gasteiger partial charge in [-0.3, -0.25) is 4.55 Å². The fourth-order valence-corrected chi connectivity index (χ4v) is 1.26. The van der Waals surface area contributed by atoms with Crippen molar-refractivity contribution in [2.24, 2.45) is 5.92 Å². The second kappa shape index (κ2) is 4.01. The van der Waals surface area contributed by atoms with E-state index in [2.05, 4.69) is 0 Å². The Labute approximate surface area is 65.4 Å². The Morgan fingerprint density at radius 3 is 1.73 bits per heavy atom. The summed E-state index contributed by atoms with van der Waals surface area (Å²) in [5.41, 5.74) is 0. The van der Waals surface area contributed by atoms with Crippen molar-refractivity contribution in [2.75, 3.05) is 13.2 Å². The molecule has 0 aromatic heterocycles. The van der Waals surface area contributed by atoms with Gasteiger partial charge in [-0.25, -0.2) is 0 Å². The first-order valence-corrected chi connectivity index (χ1v) is 4.61. The first kappa shape index (κ1) is 10.8. The minimum absolute atomic E-state index is 0.461. The van der Waals surface area contributed by atoms with Crippen molar-refractivity contribution in [2.45, 2.75) is 12.2 Å². The third kappa shape index (κ3) is 3.15. The van der Waals surface area contributed by atoms with Crippen LogP contribution in [0.4, 0.5) is 0 Å². The van der Waals surface area contributed by atoms with Crippen LogP contribution in [0.2, 0.25) is 0 Å². The number of aliphatic hydroxyl groups excluding tert-OH is 2. The number of hydrogen-bond acceptors (Lipinski definition) is 4. The highest BCUT2D eigenvalue weighted by atomic mass is 32.2. The van der Waals surface area contributed by atoms with Crippen molar-refractivity contribution in [1.29, 1.82) is 0 Å². The van der Waals surface area contributed by atoms with E-state index in [-0.39, 0.29) is 0 Å². The largest absolute Gasteiger partial charge is 0.396 e. The highest BCUT2D eigenvalue weighted by Gasteiger charge is 2.26. The topological polar surface area (TPSA) is 94.8 Å². The Morgan fingerprint density at radius 1 is 1.27 bits per heavy atom. The molecule has 0 aliphatic carbocycles. The second-order valence-corrected chi connectivity index (χ2v) is 4.12. The maximum atomic E-state index is 10.4. The predicted octanol–water partition coefficient (Wildman–Crippen LogP) is -1.14. The third-order valence-corrected chi connectivity index (χ3v) is 2.93. The van der Waals surface area contributed by atoms with Crippen LogP contribution in [-0.2, 0) is 10.1 Å². The van der Waals surface area contributed by atoms with Crippen molar-refractivity contribution >= 4 is 10.1 Å². The molecule has 0 saturated heterocycles. The van der Waals surface area contributed by atoms with Crippen LogP contribution < -0.4 is 0 Å². The quantitative estimate of drug-likeness (QED) is 0.480. The molecule has 0 aliphatic rings. The van der Waals surface area contributed by atoms with Crippen molar-refractivity contribution in [3.8, 4) is 0 Å². The van der Waals surface area contributed by atoms with Crippen molar-refractivity contribution in [3.05, 3.63) is 0 Å². The van der Waals surface area contributed by atoms with Crippen LogP contribution in [0.5, 0.6) is 0 Å². The van der Waals surface area contributed by atoms with Gasteiger partial charge in [-0.2, -0.15) is 8.42 Å². The van der Waals surface area contributed by atoms with Crippen LogP contribution in [0.15, 0.2) is 0 Å². The van der Waals surface area contributed by atoms with Crippen LogP contribution in [0.3, 0.4) is 0 Å². The Morgan fingerprint density at radius 2 is 1.64 bits per heavy atom. The maximum Gasteiger partial charge on any atom is 0.267 e. The Hall–Kier alpha value is -0.170. The molecule has 0 aromatic carbocycles. The molecule has 6 heteroatoms. The zero-order valence-electron chi connectivity index (χ0n) is 6.14. The minimum atomic E-state index is -4.15. The molecule has 0 radical (unpaired) electrons. The molecule has 0 bridgehead atoms. The molecule has 0 heterocycles. The van der Waals surface area contributed by atoms with Crippen molar-refractivity contribution < 1.29 is 23.2 Å². The zero-order valence-corrected chi connectivity index (χ0v) is 6.95. The summed E-state index contributed by atoms with van der Waals surface area (Å²) in [6, 6.07) is 0. The predicted molar refractivity (Wildman–Crippen MR) is 38.7 cm³/mol. The lowest BCUT2D eigenvalue weighted by atomic mass is 10.1. The van der Waals surface area contributed by atoms with E-state index in [0.717, 1.165) is 0 Å². The summed E-state index contributed by atoms with van der Waals surface area (Å²) in [5, 5.41) is 15.9. The zero-order chi connectivity index (χ0) is 9.07. The van der Waals surface area contributed by atoms with Crippen molar-refractivity contribution in [1.82, 2.24) is 0 Å². The summed E-state index contributed by atoms with van der Waals surface area (Å²) in [4.78, 5) is 0. The molecule has 0 saturated carbocycles. The molecule has 0 amide bonds. The first-order valence-electron chi connectivity index (χ1n) is 3.11. The van der Waals surface area contributed by atoms with E-state index >= 15 is 0 Å². The smallest absolute Gasteiger partial charge is 0.267 e. The molecule has 0 aliphatic heterocycles. The van der Waals surface area contributed by atoms with E-state index in [9.17, 15) is 8.42 Å². The summed E-state index contributed by atoms with van der Waals surface area (Å²) in [6.45, 7) is 0.307. The average Bonchev–Trinajstić information content (AvgIpc) is 1.88. The lowest BCUT2D eigenvalue weighted by molar-refractivity contribution is 0.147. The van der Waals surface area contributed by atoms with E-state index < -0.39 is 34.5 Å². The van der Waals surface area contributed by atoms with E-state index in [1.54, 1.807) is 0 Å². The number of hydrogen-bond donors (Lipinski definition) is 3. The Kier molecular flexibility index (Phi) is 3.95. The average molecular weight is 184 g/mol. The van der Waals surface area contributed by atoms with Gasteiger partial charge >= 0.3 is 0 Å². The van der Waals surface area contributed by atoms with Gasteiger partial charge in [0, 0.05) is 19.1 Å². The normalized spacial score (nSPS) is 15.4. The van der Waals surface area contributed by atoms with Crippen LogP contribution in [0.25, 0.3) is 0 Å². The summed E-state index contributed by atoms with van der Waals surface area (Å²) >= 11 is 0. The lowest BCUT2D eigenvalue weighted by Crippen LogP contribution is -2.31. The molecule has 5 nitrogen and oxygen atoms in total. The summed E-state index contributed by atoms with van der Waals surface area (Å²) < 4.78 is 29.3. The van der Waals surface area contributed by atoms with Gasteiger partial charge in [-0.1, -0.05) is 0 Å². The van der Waals surface area contributed by atoms with Gasteiger partial charge < -0.3 is 10.2 Å². The van der Waals surface area contributed by atoms with Crippen LogP contribution >= 0.6 is 0 Å². The minimum Gasteiger partial charge on any atom is -0.396 e. The maximum absolute atomic E-state index is 10.4. The fraction of sp³-hybridized carbons (Fsp3) is 1.00. The van der Waals surface area contributed by atoms with Crippen LogP contribution in [0, 0.1) is 5.92 Å². The molecule has 0 spiro atoms. The molecule has 0 rings (SSSR count). The standard InChI is InChI=1S/C5H12O5S/c1-4(11(8,9)10)5(2-6)3-7/h4-7H,2-3H2,1H3,(H,8,9,10). The second-order valence-electron chi connectivity index (χ2n) is 2.35. The molecule has 1 unspecified atom stereocenters. The highest BCUT2D eigenvalue weighted by Crippen LogP contribution is 2.09. The molecule has 0 aromatic rings. The molecular weight excluding hydrogens is 172 g/mol. The summed E-state index contributed by atoms with van der Waals surface area (Å²) in [6.07, 6.45) is 0. The van der Waals surface area contributed by atoms with E-state index in [4.69, 9.17) is 14.8 Å². The van der Waals surface area contributed by atoms with Crippen molar-refractivity contribution in [3.63, 3.8) is 0 Å². The molecule has 3 N–H and O–H groups in total. The van der Waals surface area contributed by atoms with E-state index in [0.29, 0.717) is 0 Å². The Balaban J connectivity index is 4.33. The highest BCUT2D eigenvalue weighted by molar-refractivity contribution is 7.86. The van der Waals surface area contributed by atoms with Gasteiger partial charge in [0.1, 0.15) is 0 Å². The molecule has 68 valence electrons. The van der Waals surface area contributed by atoms with E-state index in [1.807, 2.05) is 0 Å². The van der Waals surface area contributed by atoms with Gasteiger partial charge in [0.05, 0.1) is 5.25 Å².